The Morgan fingerprint density at radius 3 is 2.77 bits per heavy atom. The van der Waals surface area contributed by atoms with Crippen molar-refractivity contribution in [3.8, 4) is 0 Å². The third-order valence-electron chi connectivity index (χ3n) is 2.75. The van der Waals surface area contributed by atoms with E-state index in [1.165, 1.54) is 25.7 Å². The molecule has 2 rings (SSSR count). The molecule has 0 unspecified atom stereocenters. The van der Waals surface area contributed by atoms with E-state index in [1.807, 2.05) is 6.07 Å². The molecule has 1 aromatic rings. The van der Waals surface area contributed by atoms with Crippen LogP contribution in [0.15, 0.2) is 6.07 Å². The van der Waals surface area contributed by atoms with Crippen molar-refractivity contribution in [1.82, 2.24) is 10.2 Å². The highest BCUT2D eigenvalue weighted by Gasteiger charge is 2.19. The van der Waals surface area contributed by atoms with Crippen LogP contribution in [0.1, 0.15) is 54.7 Å². The molecule has 0 aliphatic heterocycles. The van der Waals surface area contributed by atoms with Crippen LogP contribution in [0.5, 0.6) is 0 Å². The van der Waals surface area contributed by atoms with Crippen LogP contribution in [0.2, 0.25) is 0 Å². The lowest BCUT2D eigenvalue weighted by molar-refractivity contribution is 0.101. The molecule has 0 atom stereocenters. The number of hydrogen-bond acceptors (Lipinski definition) is 2. The molecular weight excluding hydrogens is 164 g/mol. The molecule has 1 fully saturated rings. The number of nitrogens with zero attached hydrogens (tertiary/aromatic N) is 1. The highest BCUT2D eigenvalue weighted by atomic mass is 16.1. The first-order chi connectivity index (χ1) is 6.27. The summed E-state index contributed by atoms with van der Waals surface area (Å²) in [6.45, 7) is 1.55. The summed E-state index contributed by atoms with van der Waals surface area (Å²) in [6.07, 6.45) is 5.08. The number of nitrogens with one attached hydrogen (secondary N) is 1. The summed E-state index contributed by atoms with van der Waals surface area (Å²) in [6, 6.07) is 1.90. The molecule has 1 aromatic heterocycles. The van der Waals surface area contributed by atoms with Gasteiger partial charge in [-0.25, -0.2) is 0 Å². The number of H-pyrrole nitrogens is 1. The van der Waals surface area contributed by atoms with Crippen LogP contribution in [-0.4, -0.2) is 16.0 Å². The van der Waals surface area contributed by atoms with E-state index in [0.717, 1.165) is 5.69 Å². The molecule has 1 saturated carbocycles. The van der Waals surface area contributed by atoms with Gasteiger partial charge in [0.2, 0.25) is 0 Å². The summed E-state index contributed by atoms with van der Waals surface area (Å²) in [5.41, 5.74) is 1.71. The lowest BCUT2D eigenvalue weighted by Gasteiger charge is -2.03. The fourth-order valence-corrected chi connectivity index (χ4v) is 1.96. The Morgan fingerprint density at radius 2 is 2.23 bits per heavy atom. The third-order valence-corrected chi connectivity index (χ3v) is 2.75. The minimum atomic E-state index is 0.0421. The maximum atomic E-state index is 11.0. The molecule has 0 saturated heterocycles. The molecule has 0 spiro atoms. The van der Waals surface area contributed by atoms with Crippen LogP contribution in [0, 0.1) is 0 Å². The predicted molar refractivity (Wildman–Crippen MR) is 49.8 cm³/mol. The predicted octanol–water partition coefficient (Wildman–Crippen LogP) is 2.27. The monoisotopic (exact) mass is 178 g/mol. The van der Waals surface area contributed by atoms with Gasteiger partial charge in [-0.15, -0.1) is 0 Å². The van der Waals surface area contributed by atoms with Crippen LogP contribution in [0.4, 0.5) is 0 Å². The van der Waals surface area contributed by atoms with Gasteiger partial charge >= 0.3 is 0 Å². The van der Waals surface area contributed by atoms with Gasteiger partial charge in [0.15, 0.2) is 5.78 Å². The minimum Gasteiger partial charge on any atom is -0.293 e. The fourth-order valence-electron chi connectivity index (χ4n) is 1.96. The Kier molecular flexibility index (Phi) is 2.17. The van der Waals surface area contributed by atoms with Crippen molar-refractivity contribution in [1.29, 1.82) is 0 Å². The summed E-state index contributed by atoms with van der Waals surface area (Å²) in [5.74, 6) is 0.654. The van der Waals surface area contributed by atoms with Gasteiger partial charge in [-0.1, -0.05) is 12.8 Å². The first-order valence-electron chi connectivity index (χ1n) is 4.83. The van der Waals surface area contributed by atoms with Crippen LogP contribution in [-0.2, 0) is 0 Å². The SMILES string of the molecule is CC(=O)c1cc(C2CCCC2)[nH]n1. The first kappa shape index (κ1) is 8.48. The largest absolute Gasteiger partial charge is 0.293 e. The van der Waals surface area contributed by atoms with Crippen molar-refractivity contribution in [2.24, 2.45) is 0 Å². The van der Waals surface area contributed by atoms with E-state index in [-0.39, 0.29) is 5.78 Å². The number of Topliss-reactive ketones (excluding diaryl/α,β-unsaturated/α-hetero) is 1. The molecule has 1 aliphatic carbocycles. The van der Waals surface area contributed by atoms with Gasteiger partial charge < -0.3 is 0 Å². The van der Waals surface area contributed by atoms with Crippen LogP contribution < -0.4 is 0 Å². The zero-order valence-corrected chi connectivity index (χ0v) is 7.84. The average molecular weight is 178 g/mol. The number of carbonyl (C=O) groups is 1. The van der Waals surface area contributed by atoms with E-state index in [2.05, 4.69) is 10.2 Å². The van der Waals surface area contributed by atoms with Crippen molar-refractivity contribution >= 4 is 5.78 Å². The first-order valence-corrected chi connectivity index (χ1v) is 4.83. The van der Waals surface area contributed by atoms with E-state index in [4.69, 9.17) is 0 Å². The van der Waals surface area contributed by atoms with Crippen molar-refractivity contribution in [2.45, 2.75) is 38.5 Å². The zero-order chi connectivity index (χ0) is 9.26. The van der Waals surface area contributed by atoms with Crippen LogP contribution in [0.3, 0.4) is 0 Å². The molecule has 70 valence electrons. The molecular formula is C10H14N2O. The van der Waals surface area contributed by atoms with Gasteiger partial charge in [0.05, 0.1) is 0 Å². The van der Waals surface area contributed by atoms with E-state index in [0.29, 0.717) is 11.6 Å². The average Bonchev–Trinajstić information content (AvgIpc) is 2.75. The lowest BCUT2D eigenvalue weighted by atomic mass is 10.0. The van der Waals surface area contributed by atoms with Crippen molar-refractivity contribution < 1.29 is 4.79 Å². The lowest BCUT2D eigenvalue weighted by Crippen LogP contribution is -1.91. The Balaban J connectivity index is 2.16. The second-order valence-corrected chi connectivity index (χ2v) is 3.75. The molecule has 1 N–H and O–H groups in total. The molecule has 13 heavy (non-hydrogen) atoms. The smallest absolute Gasteiger partial charge is 0.179 e. The molecule has 1 heterocycles. The number of aromatic nitrogens is 2. The van der Waals surface area contributed by atoms with Crippen molar-refractivity contribution in [3.05, 3.63) is 17.5 Å². The van der Waals surface area contributed by atoms with Gasteiger partial charge in [0, 0.05) is 18.5 Å². The summed E-state index contributed by atoms with van der Waals surface area (Å²) >= 11 is 0. The van der Waals surface area contributed by atoms with Gasteiger partial charge in [0.25, 0.3) is 0 Å². The van der Waals surface area contributed by atoms with Crippen molar-refractivity contribution in [2.75, 3.05) is 0 Å². The van der Waals surface area contributed by atoms with E-state index < -0.39 is 0 Å². The fraction of sp³-hybridized carbons (Fsp3) is 0.600. The highest BCUT2D eigenvalue weighted by Crippen LogP contribution is 2.32. The van der Waals surface area contributed by atoms with Gasteiger partial charge in [-0.2, -0.15) is 5.10 Å². The second-order valence-electron chi connectivity index (χ2n) is 3.75. The second kappa shape index (κ2) is 3.32. The zero-order valence-electron chi connectivity index (χ0n) is 7.84. The summed E-state index contributed by atoms with van der Waals surface area (Å²) in [5, 5.41) is 6.94. The maximum absolute atomic E-state index is 11.0. The molecule has 0 bridgehead atoms. The molecule has 1 aliphatic rings. The topological polar surface area (TPSA) is 45.8 Å². The molecule has 0 amide bonds. The number of ketones is 1. The van der Waals surface area contributed by atoms with Gasteiger partial charge in [0.1, 0.15) is 5.69 Å². The Hall–Kier alpha value is -1.12. The number of carbonyl (C=O) groups excluding carboxylic acids is 1. The highest BCUT2D eigenvalue weighted by molar-refractivity contribution is 5.92. The molecule has 3 nitrogen and oxygen atoms in total. The third kappa shape index (κ3) is 1.64. The normalized spacial score (nSPS) is 17.9. The van der Waals surface area contributed by atoms with Crippen molar-refractivity contribution in [3.63, 3.8) is 0 Å². The van der Waals surface area contributed by atoms with Gasteiger partial charge in [-0.05, 0) is 18.9 Å². The van der Waals surface area contributed by atoms with E-state index >= 15 is 0 Å². The Labute approximate surface area is 77.5 Å². The number of hydrogen-bond donors (Lipinski definition) is 1. The Bertz CT molecular complexity index is 310. The van der Waals surface area contributed by atoms with Crippen LogP contribution >= 0.6 is 0 Å². The minimum absolute atomic E-state index is 0.0421. The standard InChI is InChI=1S/C10H14N2O/c1-7(13)9-6-10(12-11-9)8-4-2-3-5-8/h6,8H,2-5H2,1H3,(H,11,12). The summed E-state index contributed by atoms with van der Waals surface area (Å²) in [7, 11) is 0. The molecule has 0 radical (unpaired) electrons. The summed E-state index contributed by atoms with van der Waals surface area (Å²) < 4.78 is 0. The summed E-state index contributed by atoms with van der Waals surface area (Å²) in [4.78, 5) is 11.0. The molecule has 0 aromatic carbocycles. The number of rotatable bonds is 2. The Morgan fingerprint density at radius 1 is 1.54 bits per heavy atom. The van der Waals surface area contributed by atoms with E-state index in [9.17, 15) is 4.79 Å². The van der Waals surface area contributed by atoms with Gasteiger partial charge in [-0.3, -0.25) is 9.89 Å². The number of aromatic amines is 1. The quantitative estimate of drug-likeness (QED) is 0.706. The van der Waals surface area contributed by atoms with Crippen LogP contribution in [0.25, 0.3) is 0 Å². The molecule has 3 heteroatoms. The van der Waals surface area contributed by atoms with E-state index in [1.54, 1.807) is 6.92 Å². The maximum Gasteiger partial charge on any atom is 0.179 e.